The van der Waals surface area contributed by atoms with Gasteiger partial charge in [-0.05, 0) is 60.9 Å². The molecular weight excluding hydrogens is 602 g/mol. The number of benzene rings is 2. The molecule has 2 aromatic carbocycles. The molecule has 0 spiro atoms. The summed E-state index contributed by atoms with van der Waals surface area (Å²) in [5.41, 5.74) is 1.73. The van der Waals surface area contributed by atoms with Crippen LogP contribution in [0.4, 0.5) is 17.6 Å². The number of piperidine rings is 1. The Morgan fingerprint density at radius 3 is 2.31 bits per heavy atom. The number of hydrogen-bond acceptors (Lipinski definition) is 6. The van der Waals surface area contributed by atoms with Gasteiger partial charge in [0.05, 0.1) is 39.7 Å². The molecule has 224 valence electrons. The van der Waals surface area contributed by atoms with Crippen LogP contribution in [0.2, 0.25) is 5.02 Å². The lowest BCUT2D eigenvalue weighted by Gasteiger charge is -2.39. The van der Waals surface area contributed by atoms with Gasteiger partial charge in [-0.1, -0.05) is 18.0 Å². The van der Waals surface area contributed by atoms with Gasteiger partial charge in [-0.15, -0.1) is 0 Å². The number of hydrogen-bond donors (Lipinski definition) is 0. The molecule has 0 aliphatic carbocycles. The second kappa shape index (κ2) is 11.7. The highest BCUT2D eigenvalue weighted by Gasteiger charge is 2.37. The zero-order chi connectivity index (χ0) is 30.2. The van der Waals surface area contributed by atoms with E-state index >= 15 is 0 Å². The Balaban J connectivity index is 1.59. The molecule has 3 heterocycles. The summed E-state index contributed by atoms with van der Waals surface area (Å²) in [6.07, 6.45) is -2.36. The van der Waals surface area contributed by atoms with Crippen LogP contribution in [0.3, 0.4) is 0 Å². The maximum Gasteiger partial charge on any atom is 0.390 e. The first-order valence-corrected chi connectivity index (χ1v) is 15.2. The van der Waals surface area contributed by atoms with E-state index in [2.05, 4.69) is 0 Å². The molecular formula is C28H26ClF4N3O5S. The molecule has 1 aromatic heterocycles. The van der Waals surface area contributed by atoms with E-state index in [9.17, 15) is 35.6 Å². The quantitative estimate of drug-likeness (QED) is 0.178. The van der Waals surface area contributed by atoms with E-state index in [1.807, 2.05) is 5.01 Å². The first kappa shape index (κ1) is 30.1. The smallest absolute Gasteiger partial charge is 0.382 e. The fourth-order valence-electron chi connectivity index (χ4n) is 5.37. The van der Waals surface area contributed by atoms with Crippen molar-refractivity contribution in [1.29, 1.82) is 0 Å². The number of amides is 1. The highest BCUT2D eigenvalue weighted by Crippen LogP contribution is 2.39. The van der Waals surface area contributed by atoms with Crippen LogP contribution in [-0.4, -0.2) is 66.8 Å². The van der Waals surface area contributed by atoms with E-state index in [0.29, 0.717) is 49.3 Å². The van der Waals surface area contributed by atoms with Crippen molar-refractivity contribution in [3.05, 3.63) is 70.1 Å². The van der Waals surface area contributed by atoms with Crippen LogP contribution in [0, 0.1) is 5.82 Å². The number of carbonyl (C=O) groups is 2. The number of rotatable bonds is 8. The molecule has 1 saturated heterocycles. The summed E-state index contributed by atoms with van der Waals surface area (Å²) in [5, 5.41) is 3.67. The van der Waals surface area contributed by atoms with Gasteiger partial charge in [0.25, 0.3) is 5.91 Å². The zero-order valence-corrected chi connectivity index (χ0v) is 23.7. The molecule has 2 aliphatic heterocycles. The molecule has 14 heteroatoms. The lowest BCUT2D eigenvalue weighted by Crippen LogP contribution is -2.51. The molecule has 2 aliphatic rings. The number of nitrogens with zero attached hydrogens (tertiary/aromatic N) is 3. The van der Waals surface area contributed by atoms with Crippen molar-refractivity contribution >= 4 is 33.9 Å². The van der Waals surface area contributed by atoms with Gasteiger partial charge in [-0.2, -0.15) is 21.6 Å². The second-order valence-corrected chi connectivity index (χ2v) is 12.2. The van der Waals surface area contributed by atoms with Crippen LogP contribution < -0.4 is 4.18 Å². The molecule has 42 heavy (non-hydrogen) atoms. The van der Waals surface area contributed by atoms with E-state index in [1.54, 1.807) is 9.58 Å². The van der Waals surface area contributed by atoms with Gasteiger partial charge >= 0.3 is 16.3 Å². The molecule has 5 rings (SSSR count). The Labute approximate surface area is 244 Å². The molecule has 8 nitrogen and oxygen atoms in total. The van der Waals surface area contributed by atoms with Gasteiger partial charge in [-0.3, -0.25) is 14.6 Å². The third-order valence-corrected chi connectivity index (χ3v) is 8.70. The van der Waals surface area contributed by atoms with Crippen LogP contribution in [0.1, 0.15) is 52.1 Å². The maximum atomic E-state index is 14.0. The number of carbonyl (C=O) groups excluding carboxylic acids is 2. The molecule has 0 saturated carbocycles. The van der Waals surface area contributed by atoms with Crippen molar-refractivity contribution in [2.45, 2.75) is 38.3 Å². The van der Waals surface area contributed by atoms with Crippen molar-refractivity contribution in [2.75, 3.05) is 25.4 Å². The highest BCUT2D eigenvalue weighted by atomic mass is 35.5. The van der Waals surface area contributed by atoms with Gasteiger partial charge in [0.1, 0.15) is 11.6 Å². The summed E-state index contributed by atoms with van der Waals surface area (Å²) in [4.78, 5) is 26.5. The number of aromatic nitrogens is 1. The Morgan fingerprint density at radius 2 is 1.69 bits per heavy atom. The van der Waals surface area contributed by atoms with Crippen molar-refractivity contribution in [1.82, 2.24) is 14.6 Å². The Hall–Kier alpha value is -3.42. The summed E-state index contributed by atoms with van der Waals surface area (Å²) < 4.78 is 82.1. The fraction of sp³-hybridized carbons (Fsp3) is 0.357. The lowest BCUT2D eigenvalue weighted by molar-refractivity contribution is -0.130. The maximum absolute atomic E-state index is 14.0. The van der Waals surface area contributed by atoms with Crippen molar-refractivity contribution in [3.63, 3.8) is 0 Å². The minimum atomic E-state index is -4.67. The van der Waals surface area contributed by atoms with E-state index in [4.69, 9.17) is 15.8 Å². The topological polar surface area (TPSA) is 88.9 Å². The van der Waals surface area contributed by atoms with Gasteiger partial charge < -0.3 is 8.75 Å². The Bertz CT molecular complexity index is 1620. The summed E-state index contributed by atoms with van der Waals surface area (Å²) in [6, 6.07) is 9.06. The lowest BCUT2D eigenvalue weighted by atomic mass is 10.0. The number of hydrazine groups is 1. The summed E-state index contributed by atoms with van der Waals surface area (Å²) in [6.45, 7) is 1.78. The summed E-state index contributed by atoms with van der Waals surface area (Å²) in [5.74, 6) is -2.41. The fourth-order valence-corrected chi connectivity index (χ4v) is 6.59. The van der Waals surface area contributed by atoms with Crippen molar-refractivity contribution < 1.29 is 39.8 Å². The minimum absolute atomic E-state index is 0.0353. The van der Waals surface area contributed by atoms with Gasteiger partial charge in [-0.25, -0.2) is 9.40 Å². The first-order chi connectivity index (χ1) is 19.9. The minimum Gasteiger partial charge on any atom is -0.382 e. The largest absolute Gasteiger partial charge is 0.390 e. The highest BCUT2D eigenvalue weighted by molar-refractivity contribution is 7.87. The van der Waals surface area contributed by atoms with E-state index in [-0.39, 0.29) is 33.5 Å². The zero-order valence-electron chi connectivity index (χ0n) is 22.2. The SMILES string of the molecule is O=Cc1c2c(n(-c3ccc(F)cc3Cl)c1-c1ccc(OS(=O)(=O)CCC(F)(F)F)cc1)CCN(N1CCCCC1)C2=O. The van der Waals surface area contributed by atoms with Gasteiger partial charge in [0, 0.05) is 31.7 Å². The van der Waals surface area contributed by atoms with Crippen LogP contribution in [0.25, 0.3) is 16.9 Å². The molecule has 0 bridgehead atoms. The molecule has 3 aromatic rings. The molecule has 0 unspecified atom stereocenters. The summed E-state index contributed by atoms with van der Waals surface area (Å²) >= 11 is 6.45. The number of halogens is 5. The number of fused-ring (bicyclic) bond motifs is 1. The average Bonchev–Trinajstić information content (AvgIpc) is 3.27. The molecule has 0 radical (unpaired) electrons. The predicted molar refractivity (Wildman–Crippen MR) is 147 cm³/mol. The molecule has 0 N–H and O–H groups in total. The normalized spacial score (nSPS) is 16.4. The molecule has 1 fully saturated rings. The van der Waals surface area contributed by atoms with Crippen LogP contribution in [-0.2, 0) is 16.5 Å². The van der Waals surface area contributed by atoms with Crippen molar-refractivity contribution in [3.8, 4) is 22.7 Å². The first-order valence-electron chi connectivity index (χ1n) is 13.2. The van der Waals surface area contributed by atoms with Crippen LogP contribution >= 0.6 is 11.6 Å². The Morgan fingerprint density at radius 1 is 1.00 bits per heavy atom. The number of alkyl halides is 3. The predicted octanol–water partition coefficient (Wildman–Crippen LogP) is 5.81. The van der Waals surface area contributed by atoms with Gasteiger partial charge in [0.2, 0.25) is 0 Å². The van der Waals surface area contributed by atoms with E-state index in [1.165, 1.54) is 36.4 Å². The summed E-state index contributed by atoms with van der Waals surface area (Å²) in [7, 11) is -4.53. The molecule has 1 amide bonds. The monoisotopic (exact) mass is 627 g/mol. The van der Waals surface area contributed by atoms with E-state index in [0.717, 1.165) is 25.3 Å². The van der Waals surface area contributed by atoms with Gasteiger partial charge in [0.15, 0.2) is 6.29 Å². The Kier molecular flexibility index (Phi) is 8.37. The van der Waals surface area contributed by atoms with E-state index < -0.39 is 34.3 Å². The molecule has 0 atom stereocenters. The van der Waals surface area contributed by atoms with Crippen LogP contribution in [0.15, 0.2) is 42.5 Å². The third kappa shape index (κ3) is 6.18. The second-order valence-electron chi connectivity index (χ2n) is 10.1. The van der Waals surface area contributed by atoms with Crippen LogP contribution in [0.5, 0.6) is 5.75 Å². The average molecular weight is 628 g/mol. The van der Waals surface area contributed by atoms with Crippen molar-refractivity contribution in [2.24, 2.45) is 0 Å². The number of aldehydes is 1. The third-order valence-electron chi connectivity index (χ3n) is 7.24. The standard InChI is InChI=1S/C28H26ClF4N3O5S/c29-22-16-19(30)6-9-23(22)36-24-10-14-35(34-12-2-1-3-13-34)27(38)25(24)21(17-37)26(36)18-4-7-20(8-5-18)41-42(39,40)15-11-28(31,32)33/h4-9,16-17H,1-3,10-15H2.